The van der Waals surface area contributed by atoms with Crippen molar-refractivity contribution in [3.8, 4) is 0 Å². The normalized spacial score (nSPS) is 11.3. The van der Waals surface area contributed by atoms with Gasteiger partial charge >= 0.3 is 234 Å². The first kappa shape index (κ1) is 26.3. The molecule has 5 aromatic carbocycles. The Morgan fingerprint density at radius 3 is 0.919 bits per heavy atom. The predicted octanol–water partition coefficient (Wildman–Crippen LogP) is 4.88. The van der Waals surface area contributed by atoms with Gasteiger partial charge in [0.2, 0.25) is 0 Å². The van der Waals surface area contributed by atoms with E-state index >= 15 is 0 Å². The van der Waals surface area contributed by atoms with Gasteiger partial charge in [-0.25, -0.2) is 0 Å². The van der Waals surface area contributed by atoms with Crippen LogP contribution >= 0.6 is 7.92 Å². The van der Waals surface area contributed by atoms with E-state index in [-0.39, 0.29) is 7.92 Å². The van der Waals surface area contributed by atoms with Crippen LogP contribution in [0.15, 0.2) is 152 Å². The molecule has 0 saturated heterocycles. The van der Waals surface area contributed by atoms with Crippen LogP contribution in [0, 0.1) is 0 Å². The predicted molar refractivity (Wildman–Crippen MR) is 171 cm³/mol. The zero-order valence-corrected chi connectivity index (χ0v) is 26.3. The number of rotatable bonds is 11. The van der Waals surface area contributed by atoms with E-state index in [9.17, 15) is 0 Å². The van der Waals surface area contributed by atoms with Crippen molar-refractivity contribution in [2.24, 2.45) is 0 Å². The molecule has 0 atom stereocenters. The van der Waals surface area contributed by atoms with E-state index in [1.807, 2.05) is 0 Å². The van der Waals surface area contributed by atoms with Crippen molar-refractivity contribution >= 4 is 59.9 Å². The molecule has 0 fully saturated rings. The fourth-order valence-corrected chi connectivity index (χ4v) is 22.3. The molecule has 0 N–H and O–H groups in total. The van der Waals surface area contributed by atoms with Gasteiger partial charge in [-0.2, -0.15) is 0 Å². The summed E-state index contributed by atoms with van der Waals surface area (Å²) in [5.74, 6) is 0. The third-order valence-corrected chi connectivity index (χ3v) is 23.0. The van der Waals surface area contributed by atoms with E-state index in [1.54, 1.807) is 22.7 Å². The van der Waals surface area contributed by atoms with Crippen LogP contribution in [-0.4, -0.2) is 41.6 Å². The molecule has 3 heteroatoms. The van der Waals surface area contributed by atoms with Crippen molar-refractivity contribution in [1.29, 1.82) is 0 Å². The van der Waals surface area contributed by atoms with Gasteiger partial charge < -0.3 is 0 Å². The summed E-state index contributed by atoms with van der Waals surface area (Å²) < 4.78 is 6.39. The van der Waals surface area contributed by atoms with E-state index in [4.69, 9.17) is 0 Å². The molecule has 0 aliphatic rings. The average molecular weight is 624 g/mol. The van der Waals surface area contributed by atoms with Gasteiger partial charge in [-0.3, -0.25) is 0 Å². The van der Waals surface area contributed by atoms with Crippen molar-refractivity contribution in [2.75, 3.05) is 12.3 Å². The Hall–Kier alpha value is -2.35. The van der Waals surface area contributed by atoms with Crippen LogP contribution in [0.25, 0.3) is 0 Å². The minimum absolute atomic E-state index is 0.199. The molecule has 0 nitrogen and oxygen atoms in total. The molecule has 0 unspecified atom stereocenters. The summed E-state index contributed by atoms with van der Waals surface area (Å²) >= 11 is -3.22. The maximum atomic E-state index is 2.39. The summed E-state index contributed by atoms with van der Waals surface area (Å²) in [6.07, 6.45) is 2.65. The molecule has 0 heterocycles. The van der Waals surface area contributed by atoms with Crippen molar-refractivity contribution in [3.05, 3.63) is 152 Å². The van der Waals surface area contributed by atoms with Crippen LogP contribution in [0.3, 0.4) is 0 Å². The summed E-state index contributed by atoms with van der Waals surface area (Å²) in [4.78, 5) is 0. The van der Waals surface area contributed by atoms with Gasteiger partial charge in [0, 0.05) is 0 Å². The molecular formula is C34H35As2P. The third-order valence-electron chi connectivity index (χ3n) is 6.87. The molecule has 0 spiro atoms. The van der Waals surface area contributed by atoms with E-state index in [1.165, 1.54) is 22.7 Å². The van der Waals surface area contributed by atoms with Gasteiger partial charge in [-0.15, -0.1) is 0 Å². The molecule has 0 aromatic heterocycles. The Balaban J connectivity index is 1.39. The van der Waals surface area contributed by atoms with Gasteiger partial charge in [-0.1, -0.05) is 0 Å². The quantitative estimate of drug-likeness (QED) is 0.145. The molecule has 5 aromatic rings. The Kier molecular flexibility index (Phi) is 9.92. The second-order valence-corrected chi connectivity index (χ2v) is 22.7. The Bertz CT molecular complexity index is 1150. The van der Waals surface area contributed by atoms with Crippen LogP contribution in [0.1, 0.15) is 0 Å². The molecule has 37 heavy (non-hydrogen) atoms. The van der Waals surface area contributed by atoms with Gasteiger partial charge in [0.25, 0.3) is 0 Å². The summed E-state index contributed by atoms with van der Waals surface area (Å²) in [6, 6.07) is 56.8. The van der Waals surface area contributed by atoms with Crippen LogP contribution in [0.2, 0.25) is 10.4 Å². The van der Waals surface area contributed by atoms with E-state index in [2.05, 4.69) is 152 Å². The molecule has 5 rings (SSSR count). The zero-order valence-electron chi connectivity index (χ0n) is 21.2. The maximum absolute atomic E-state index is 2.39. The summed E-state index contributed by atoms with van der Waals surface area (Å²) in [7, 11) is -0.199. The fraction of sp³-hybridized carbons (Fsp3) is 0.118. The van der Waals surface area contributed by atoms with Crippen molar-refractivity contribution in [1.82, 2.24) is 0 Å². The second-order valence-electron chi connectivity index (χ2n) is 9.24. The molecular weight excluding hydrogens is 589 g/mol. The number of benzene rings is 5. The van der Waals surface area contributed by atoms with Crippen LogP contribution in [-0.2, 0) is 0 Å². The van der Waals surface area contributed by atoms with Gasteiger partial charge in [0.1, 0.15) is 0 Å². The van der Waals surface area contributed by atoms with E-state index < -0.39 is 29.3 Å². The van der Waals surface area contributed by atoms with Gasteiger partial charge in [0.15, 0.2) is 0 Å². The molecule has 0 saturated carbocycles. The topological polar surface area (TPSA) is 0 Å². The molecule has 2 radical (unpaired) electrons. The zero-order chi connectivity index (χ0) is 25.1. The SMILES string of the molecule is c1ccc(P(CC[AsH](c2ccccc2)c2ccccc2)CC[AsH](c2ccccc2)c2ccccc2)cc1. The Morgan fingerprint density at radius 2 is 0.622 bits per heavy atom. The monoisotopic (exact) mass is 624 g/mol. The minimum atomic E-state index is -1.61. The fourth-order valence-electron chi connectivity index (χ4n) is 4.97. The van der Waals surface area contributed by atoms with Gasteiger partial charge in [0.05, 0.1) is 0 Å². The first-order chi connectivity index (χ1) is 18.4. The van der Waals surface area contributed by atoms with E-state index in [0.29, 0.717) is 0 Å². The van der Waals surface area contributed by atoms with Crippen LogP contribution < -0.4 is 22.7 Å². The summed E-state index contributed by atoms with van der Waals surface area (Å²) in [5.41, 5.74) is 0. The molecule has 0 aliphatic carbocycles. The second kappa shape index (κ2) is 14.0. The summed E-state index contributed by atoms with van der Waals surface area (Å²) in [6.45, 7) is 0. The van der Waals surface area contributed by atoms with E-state index in [0.717, 1.165) is 0 Å². The third kappa shape index (κ3) is 7.36. The van der Waals surface area contributed by atoms with Crippen LogP contribution in [0.4, 0.5) is 0 Å². The molecule has 0 bridgehead atoms. The standard InChI is InChI=1S/C34H35As2P/c1-6-16-30(17-7-1)35(31-18-8-2-9-19-31)26-28-37(34-24-14-5-15-25-34)29-27-36(32-20-10-3-11-21-32)33-22-12-4-13-23-33/h1-25,35-36H,26-29H2. The average Bonchev–Trinajstić information content (AvgIpc) is 2.99. The van der Waals surface area contributed by atoms with Gasteiger partial charge in [-0.05, 0) is 0 Å². The number of hydrogen-bond donors (Lipinski definition) is 0. The first-order valence-corrected chi connectivity index (χ1v) is 22.0. The first-order valence-electron chi connectivity index (χ1n) is 13.1. The summed E-state index contributed by atoms with van der Waals surface area (Å²) in [5, 5.41) is 4.27. The number of hydrogen-bond acceptors (Lipinski definition) is 0. The van der Waals surface area contributed by atoms with Crippen molar-refractivity contribution < 1.29 is 0 Å². The van der Waals surface area contributed by atoms with Crippen molar-refractivity contribution in [3.63, 3.8) is 0 Å². The van der Waals surface area contributed by atoms with Crippen LogP contribution in [0.5, 0.6) is 0 Å². The Labute approximate surface area is 233 Å². The Morgan fingerprint density at radius 1 is 0.351 bits per heavy atom. The van der Waals surface area contributed by atoms with Crippen molar-refractivity contribution in [2.45, 2.75) is 10.4 Å². The molecule has 186 valence electrons. The molecule has 0 aliphatic heterocycles. The molecule has 0 amide bonds.